The Balaban J connectivity index is 1.63. The van der Waals surface area contributed by atoms with E-state index in [2.05, 4.69) is 0 Å². The molecular weight excluding hydrogens is 428 g/mol. The first-order chi connectivity index (χ1) is 15.1. The van der Waals surface area contributed by atoms with Gasteiger partial charge in [0.1, 0.15) is 0 Å². The molecule has 0 aliphatic rings. The van der Waals surface area contributed by atoms with Crippen LogP contribution in [0.3, 0.4) is 0 Å². The summed E-state index contributed by atoms with van der Waals surface area (Å²) in [5.74, 6) is 0.791. The Morgan fingerprint density at radius 1 is 1.00 bits per heavy atom. The van der Waals surface area contributed by atoms with Gasteiger partial charge in [0.2, 0.25) is 0 Å². The first kappa shape index (κ1) is 21.3. The van der Waals surface area contributed by atoms with Crippen molar-refractivity contribution < 1.29 is 4.79 Å². The highest BCUT2D eigenvalue weighted by Gasteiger charge is 2.16. The third-order valence-corrected chi connectivity index (χ3v) is 6.53. The molecule has 4 rings (SSSR count). The summed E-state index contributed by atoms with van der Waals surface area (Å²) in [7, 11) is 0. The lowest BCUT2D eigenvalue weighted by atomic mass is 10.1. The molecule has 31 heavy (non-hydrogen) atoms. The fourth-order valence-corrected chi connectivity index (χ4v) is 4.54. The van der Waals surface area contributed by atoms with Gasteiger partial charge in [-0.3, -0.25) is 14.2 Å². The van der Waals surface area contributed by atoms with Crippen LogP contribution in [-0.2, 0) is 0 Å². The van der Waals surface area contributed by atoms with E-state index in [0.717, 1.165) is 16.8 Å². The zero-order valence-corrected chi connectivity index (χ0v) is 18.6. The van der Waals surface area contributed by atoms with Crippen molar-refractivity contribution in [2.24, 2.45) is 0 Å². The molecule has 0 amide bonds. The number of rotatable bonds is 7. The second-order valence-electron chi connectivity index (χ2n) is 7.18. The molecule has 0 unspecified atom stereocenters. The number of Topliss-reactive ketones (excluding diaryl/α,β-unsaturated/α-hetero) is 1. The molecule has 3 aromatic carbocycles. The first-order valence-corrected chi connectivity index (χ1v) is 11.4. The Labute approximate surface area is 189 Å². The zero-order valence-electron chi connectivity index (χ0n) is 17.0. The van der Waals surface area contributed by atoms with Gasteiger partial charge in [-0.05, 0) is 43.2 Å². The average molecular weight is 449 g/mol. The molecule has 0 saturated carbocycles. The van der Waals surface area contributed by atoms with Crippen LogP contribution in [0.1, 0.15) is 28.8 Å². The molecule has 1 heterocycles. The zero-order chi connectivity index (χ0) is 21.8. The van der Waals surface area contributed by atoms with E-state index >= 15 is 0 Å². The fourth-order valence-electron chi connectivity index (χ4n) is 3.42. The third-order valence-electron chi connectivity index (χ3n) is 5.10. The van der Waals surface area contributed by atoms with Crippen molar-refractivity contribution in [2.75, 3.05) is 5.75 Å². The molecule has 156 valence electrons. The highest BCUT2D eigenvalue weighted by Crippen LogP contribution is 2.27. The van der Waals surface area contributed by atoms with Gasteiger partial charge in [0.05, 0.1) is 16.6 Å². The Morgan fingerprint density at radius 2 is 1.74 bits per heavy atom. The number of aromatic nitrogens is 2. The molecule has 0 spiro atoms. The predicted molar refractivity (Wildman–Crippen MR) is 128 cm³/mol. The molecule has 0 aliphatic carbocycles. The number of ketones is 1. The molecule has 0 N–H and O–H groups in total. The van der Waals surface area contributed by atoms with E-state index in [1.54, 1.807) is 10.6 Å². The number of para-hydroxylation sites is 1. The minimum atomic E-state index is -0.126. The fraction of sp³-hybridized carbons (Fsp3) is 0.160. The maximum absolute atomic E-state index is 13.4. The van der Waals surface area contributed by atoms with Gasteiger partial charge >= 0.3 is 0 Å². The lowest BCUT2D eigenvalue weighted by Gasteiger charge is -2.15. The molecular formula is C25H21ClN2O2S. The number of nitrogens with zero attached hydrogens (tertiary/aromatic N) is 2. The smallest absolute Gasteiger partial charge is 0.266 e. The Morgan fingerprint density at radius 3 is 2.55 bits per heavy atom. The summed E-state index contributed by atoms with van der Waals surface area (Å²) in [6.07, 6.45) is 1.14. The van der Waals surface area contributed by atoms with Crippen molar-refractivity contribution in [3.05, 3.63) is 99.3 Å². The number of hydrogen-bond acceptors (Lipinski definition) is 4. The monoisotopic (exact) mass is 448 g/mol. The molecule has 1 aromatic heterocycles. The highest BCUT2D eigenvalue weighted by molar-refractivity contribution is 7.99. The SMILES string of the molecule is Cc1c(Cl)cccc1-n1c(SCCCC(=O)c2ccccc2)nc2ccccc2c1=O. The summed E-state index contributed by atoms with van der Waals surface area (Å²) in [5, 5.41) is 1.76. The van der Waals surface area contributed by atoms with E-state index in [1.807, 2.05) is 73.7 Å². The van der Waals surface area contributed by atoms with Crippen LogP contribution >= 0.6 is 23.4 Å². The molecule has 0 bridgehead atoms. The molecule has 6 heteroatoms. The standard InChI is InChI=1S/C25H21ClN2O2S/c1-17-20(26)12-7-14-22(17)28-24(30)19-11-5-6-13-21(19)27-25(28)31-16-8-15-23(29)18-9-3-2-4-10-18/h2-7,9-14H,8,15-16H2,1H3. The molecule has 0 atom stereocenters. The van der Waals surface area contributed by atoms with Gasteiger partial charge in [0, 0.05) is 22.8 Å². The number of hydrogen-bond donors (Lipinski definition) is 0. The summed E-state index contributed by atoms with van der Waals surface area (Å²) in [6, 6.07) is 22.2. The van der Waals surface area contributed by atoms with Gasteiger partial charge in [0.25, 0.3) is 5.56 Å². The van der Waals surface area contributed by atoms with Gasteiger partial charge in [0.15, 0.2) is 10.9 Å². The third kappa shape index (κ3) is 4.58. The van der Waals surface area contributed by atoms with Crippen LogP contribution in [-0.4, -0.2) is 21.1 Å². The quantitative estimate of drug-likeness (QED) is 0.148. The van der Waals surface area contributed by atoms with Crippen molar-refractivity contribution >= 4 is 40.0 Å². The molecule has 4 nitrogen and oxygen atoms in total. The number of halogens is 1. The summed E-state index contributed by atoms with van der Waals surface area (Å²) >= 11 is 7.81. The number of carbonyl (C=O) groups excluding carboxylic acids is 1. The Hall–Kier alpha value is -2.89. The van der Waals surface area contributed by atoms with Crippen LogP contribution in [0.25, 0.3) is 16.6 Å². The van der Waals surface area contributed by atoms with Crippen molar-refractivity contribution in [3.8, 4) is 5.69 Å². The molecule has 0 aliphatic heterocycles. The molecule has 0 radical (unpaired) electrons. The second kappa shape index (κ2) is 9.50. The Kier molecular flexibility index (Phi) is 6.54. The van der Waals surface area contributed by atoms with Gasteiger partial charge in [-0.15, -0.1) is 0 Å². The maximum atomic E-state index is 13.4. The van der Waals surface area contributed by atoms with Gasteiger partial charge < -0.3 is 0 Å². The van der Waals surface area contributed by atoms with Gasteiger partial charge in [-0.2, -0.15) is 0 Å². The van der Waals surface area contributed by atoms with Crippen LogP contribution in [0, 0.1) is 6.92 Å². The summed E-state index contributed by atoms with van der Waals surface area (Å²) in [5.41, 5.74) is 2.80. The Bertz CT molecular complexity index is 1300. The van der Waals surface area contributed by atoms with Crippen molar-refractivity contribution in [3.63, 3.8) is 0 Å². The molecule has 4 aromatic rings. The lowest BCUT2D eigenvalue weighted by Crippen LogP contribution is -2.22. The van der Waals surface area contributed by atoms with Crippen LogP contribution in [0.15, 0.2) is 82.7 Å². The van der Waals surface area contributed by atoms with Crippen molar-refractivity contribution in [1.29, 1.82) is 0 Å². The highest BCUT2D eigenvalue weighted by atomic mass is 35.5. The topological polar surface area (TPSA) is 52.0 Å². The van der Waals surface area contributed by atoms with Crippen molar-refractivity contribution in [2.45, 2.75) is 24.9 Å². The van der Waals surface area contributed by atoms with Gasteiger partial charge in [-0.25, -0.2) is 4.98 Å². The first-order valence-electron chi connectivity index (χ1n) is 10.0. The van der Waals surface area contributed by atoms with E-state index < -0.39 is 0 Å². The number of thioether (sulfide) groups is 1. The normalized spacial score (nSPS) is 11.0. The average Bonchev–Trinajstić information content (AvgIpc) is 2.80. The summed E-state index contributed by atoms with van der Waals surface area (Å²) < 4.78 is 1.63. The number of carbonyl (C=O) groups is 1. The van der Waals surface area contributed by atoms with E-state index in [4.69, 9.17) is 16.6 Å². The maximum Gasteiger partial charge on any atom is 0.266 e. The minimum Gasteiger partial charge on any atom is -0.294 e. The second-order valence-corrected chi connectivity index (χ2v) is 8.65. The minimum absolute atomic E-state index is 0.121. The molecule has 0 fully saturated rings. The predicted octanol–water partition coefficient (Wildman–Crippen LogP) is 6.10. The summed E-state index contributed by atoms with van der Waals surface area (Å²) in [4.78, 5) is 30.5. The van der Waals surface area contributed by atoms with E-state index in [-0.39, 0.29) is 11.3 Å². The lowest BCUT2D eigenvalue weighted by molar-refractivity contribution is 0.0982. The van der Waals surface area contributed by atoms with Gasteiger partial charge in [-0.1, -0.05) is 71.9 Å². The largest absolute Gasteiger partial charge is 0.294 e. The van der Waals surface area contributed by atoms with Crippen LogP contribution < -0.4 is 5.56 Å². The van der Waals surface area contributed by atoms with E-state index in [0.29, 0.717) is 39.7 Å². The number of benzene rings is 3. The summed E-state index contributed by atoms with van der Waals surface area (Å²) in [6.45, 7) is 1.90. The van der Waals surface area contributed by atoms with Crippen molar-refractivity contribution in [1.82, 2.24) is 9.55 Å². The van der Waals surface area contributed by atoms with Crippen LogP contribution in [0.5, 0.6) is 0 Å². The molecule has 0 saturated heterocycles. The van der Waals surface area contributed by atoms with Crippen LogP contribution in [0.4, 0.5) is 0 Å². The van der Waals surface area contributed by atoms with E-state index in [9.17, 15) is 9.59 Å². The van der Waals surface area contributed by atoms with E-state index in [1.165, 1.54) is 11.8 Å². The number of fused-ring (bicyclic) bond motifs is 1. The van der Waals surface area contributed by atoms with Crippen LogP contribution in [0.2, 0.25) is 5.02 Å².